The van der Waals surface area contributed by atoms with Crippen LogP contribution in [0.25, 0.3) is 0 Å². The van der Waals surface area contributed by atoms with Crippen molar-refractivity contribution in [2.45, 2.75) is 58.5 Å². The van der Waals surface area contributed by atoms with Crippen LogP contribution in [0, 0.1) is 5.92 Å². The molecule has 1 aliphatic heterocycles. The number of ketones is 1. The molecule has 0 radical (unpaired) electrons. The van der Waals surface area contributed by atoms with Crippen LogP contribution < -0.4 is 5.84 Å². The van der Waals surface area contributed by atoms with Crippen molar-refractivity contribution in [1.29, 1.82) is 0 Å². The second-order valence-electron chi connectivity index (χ2n) is 6.00. The van der Waals surface area contributed by atoms with E-state index in [9.17, 15) is 4.79 Å². The molecule has 0 aromatic carbocycles. The van der Waals surface area contributed by atoms with Gasteiger partial charge in [-0.2, -0.15) is 0 Å². The number of carbonyl (C=O) groups excluding carboxylic acids is 1. The maximum atomic E-state index is 11.9. The first kappa shape index (κ1) is 13.4. The number of piperidine rings is 1. The Balaban J connectivity index is 2.91. The molecule has 0 saturated carbocycles. The largest absolute Gasteiger partial charge is 0.295 e. The molecule has 3 heteroatoms. The SMILES string of the molecule is CC=CC(=O)C1CC(C)(C)N(N)C(C)(C)C1. The van der Waals surface area contributed by atoms with Crippen LogP contribution in [0.4, 0.5) is 0 Å². The fourth-order valence-electron chi connectivity index (χ4n) is 2.80. The third-order valence-corrected chi connectivity index (χ3v) is 3.53. The smallest absolute Gasteiger partial charge is 0.158 e. The Kier molecular flexibility index (Phi) is 3.60. The van der Waals surface area contributed by atoms with E-state index in [-0.39, 0.29) is 22.8 Å². The van der Waals surface area contributed by atoms with E-state index in [1.807, 2.05) is 18.0 Å². The summed E-state index contributed by atoms with van der Waals surface area (Å²) in [6.45, 7) is 10.3. The minimum absolute atomic E-state index is 0.0981. The first-order chi connectivity index (χ1) is 7.20. The summed E-state index contributed by atoms with van der Waals surface area (Å²) in [4.78, 5) is 11.9. The summed E-state index contributed by atoms with van der Waals surface area (Å²) in [7, 11) is 0. The van der Waals surface area contributed by atoms with Crippen LogP contribution in [0.5, 0.6) is 0 Å². The number of carbonyl (C=O) groups is 1. The van der Waals surface area contributed by atoms with E-state index in [2.05, 4.69) is 27.7 Å². The number of hydrogen-bond acceptors (Lipinski definition) is 3. The van der Waals surface area contributed by atoms with E-state index < -0.39 is 0 Å². The summed E-state index contributed by atoms with van der Waals surface area (Å²) in [6.07, 6.45) is 5.16. The predicted molar refractivity (Wildman–Crippen MR) is 66.7 cm³/mol. The number of hydrogen-bond donors (Lipinski definition) is 1. The van der Waals surface area contributed by atoms with Crippen LogP contribution in [0.3, 0.4) is 0 Å². The van der Waals surface area contributed by atoms with Gasteiger partial charge >= 0.3 is 0 Å². The lowest BCUT2D eigenvalue weighted by Gasteiger charge is -2.52. The third kappa shape index (κ3) is 2.53. The van der Waals surface area contributed by atoms with E-state index in [0.717, 1.165) is 12.8 Å². The topological polar surface area (TPSA) is 46.3 Å². The number of nitrogens with two attached hydrogens (primary N) is 1. The zero-order chi connectivity index (χ0) is 12.6. The fourth-order valence-corrected chi connectivity index (χ4v) is 2.80. The molecule has 1 rings (SSSR count). The quantitative estimate of drug-likeness (QED) is 0.578. The molecule has 3 nitrogen and oxygen atoms in total. The van der Waals surface area contributed by atoms with Gasteiger partial charge in [-0.15, -0.1) is 0 Å². The van der Waals surface area contributed by atoms with Crippen LogP contribution in [0.15, 0.2) is 12.2 Å². The van der Waals surface area contributed by atoms with Crippen molar-refractivity contribution in [3.63, 3.8) is 0 Å². The highest BCUT2D eigenvalue weighted by molar-refractivity contribution is 5.91. The third-order valence-electron chi connectivity index (χ3n) is 3.53. The second kappa shape index (κ2) is 4.30. The number of allylic oxidation sites excluding steroid dienone is 2. The molecule has 0 amide bonds. The van der Waals surface area contributed by atoms with Crippen LogP contribution in [-0.4, -0.2) is 21.9 Å². The normalized spacial score (nSPS) is 26.1. The number of hydrazine groups is 1. The molecule has 0 spiro atoms. The average molecular weight is 224 g/mol. The zero-order valence-electron chi connectivity index (χ0n) is 11.1. The van der Waals surface area contributed by atoms with Crippen molar-refractivity contribution >= 4 is 5.78 Å². The monoisotopic (exact) mass is 224 g/mol. The highest BCUT2D eigenvalue weighted by Gasteiger charge is 2.45. The lowest BCUT2D eigenvalue weighted by molar-refractivity contribution is -0.126. The van der Waals surface area contributed by atoms with Crippen molar-refractivity contribution in [1.82, 2.24) is 5.01 Å². The van der Waals surface area contributed by atoms with Crippen molar-refractivity contribution in [2.24, 2.45) is 11.8 Å². The molecule has 1 fully saturated rings. The average Bonchev–Trinajstić information content (AvgIpc) is 2.13. The summed E-state index contributed by atoms with van der Waals surface area (Å²) < 4.78 is 0. The highest BCUT2D eigenvalue weighted by Crippen LogP contribution is 2.39. The van der Waals surface area contributed by atoms with Crippen LogP contribution in [0.2, 0.25) is 0 Å². The van der Waals surface area contributed by atoms with E-state index in [1.165, 1.54) is 0 Å². The lowest BCUT2D eigenvalue weighted by Crippen LogP contribution is -2.64. The highest BCUT2D eigenvalue weighted by atomic mass is 16.1. The van der Waals surface area contributed by atoms with Crippen molar-refractivity contribution in [2.75, 3.05) is 0 Å². The Bertz CT molecular complexity index is 287. The van der Waals surface area contributed by atoms with Crippen molar-refractivity contribution in [3.8, 4) is 0 Å². The molecule has 0 bridgehead atoms. The number of nitrogens with zero attached hydrogens (tertiary/aromatic N) is 1. The molecular formula is C13H24N2O. The molecular weight excluding hydrogens is 200 g/mol. The van der Waals surface area contributed by atoms with Gasteiger partial charge in [0.2, 0.25) is 0 Å². The summed E-state index contributed by atoms with van der Waals surface area (Å²) in [5.74, 6) is 6.46. The molecule has 0 aliphatic carbocycles. The molecule has 0 unspecified atom stereocenters. The van der Waals surface area contributed by atoms with Gasteiger partial charge in [0, 0.05) is 17.0 Å². The first-order valence-corrected chi connectivity index (χ1v) is 5.92. The Hall–Kier alpha value is -0.670. The molecule has 1 saturated heterocycles. The Morgan fingerprint density at radius 3 is 2.06 bits per heavy atom. The maximum absolute atomic E-state index is 11.9. The minimum atomic E-state index is -0.121. The molecule has 0 aromatic rings. The summed E-state index contributed by atoms with van der Waals surface area (Å²) >= 11 is 0. The van der Waals surface area contributed by atoms with E-state index in [0.29, 0.717) is 0 Å². The predicted octanol–water partition coefficient (Wildman–Crippen LogP) is 2.27. The molecule has 16 heavy (non-hydrogen) atoms. The van der Waals surface area contributed by atoms with Gasteiger partial charge in [-0.1, -0.05) is 6.08 Å². The van der Waals surface area contributed by atoms with E-state index >= 15 is 0 Å². The summed E-state index contributed by atoms with van der Waals surface area (Å²) in [6, 6.07) is 0. The molecule has 1 heterocycles. The Labute approximate surface area is 98.7 Å². The van der Waals surface area contributed by atoms with E-state index in [4.69, 9.17) is 5.84 Å². The molecule has 1 aliphatic rings. The molecule has 2 N–H and O–H groups in total. The van der Waals surface area contributed by atoms with Gasteiger partial charge in [0.25, 0.3) is 0 Å². The minimum Gasteiger partial charge on any atom is -0.295 e. The zero-order valence-corrected chi connectivity index (χ0v) is 11.1. The first-order valence-electron chi connectivity index (χ1n) is 5.92. The molecule has 0 atom stereocenters. The maximum Gasteiger partial charge on any atom is 0.158 e. The Morgan fingerprint density at radius 2 is 1.69 bits per heavy atom. The van der Waals surface area contributed by atoms with Crippen LogP contribution in [-0.2, 0) is 4.79 Å². The van der Waals surface area contributed by atoms with Gasteiger partial charge in [0.05, 0.1) is 0 Å². The van der Waals surface area contributed by atoms with Gasteiger partial charge in [0.1, 0.15) is 0 Å². The van der Waals surface area contributed by atoms with Gasteiger partial charge in [-0.25, -0.2) is 5.01 Å². The Morgan fingerprint density at radius 1 is 1.25 bits per heavy atom. The summed E-state index contributed by atoms with van der Waals surface area (Å²) in [5.41, 5.74) is -0.243. The second-order valence-corrected chi connectivity index (χ2v) is 6.00. The van der Waals surface area contributed by atoms with Crippen molar-refractivity contribution in [3.05, 3.63) is 12.2 Å². The lowest BCUT2D eigenvalue weighted by atomic mass is 9.73. The van der Waals surface area contributed by atoms with Gasteiger partial charge in [0.15, 0.2) is 5.78 Å². The van der Waals surface area contributed by atoms with Crippen molar-refractivity contribution < 1.29 is 4.79 Å². The fraction of sp³-hybridized carbons (Fsp3) is 0.769. The van der Waals surface area contributed by atoms with Crippen LogP contribution in [0.1, 0.15) is 47.5 Å². The molecule has 92 valence electrons. The van der Waals surface area contributed by atoms with Crippen LogP contribution >= 0.6 is 0 Å². The standard InChI is InChI=1S/C13H24N2O/c1-6-7-11(16)10-8-12(2,3)15(14)13(4,5)9-10/h6-7,10H,8-9,14H2,1-5H3. The van der Waals surface area contributed by atoms with E-state index in [1.54, 1.807) is 6.08 Å². The molecule has 0 aromatic heterocycles. The number of rotatable bonds is 2. The van der Waals surface area contributed by atoms with Gasteiger partial charge in [-0.05, 0) is 53.5 Å². The summed E-state index contributed by atoms with van der Waals surface area (Å²) in [5, 5.41) is 1.90. The van der Waals surface area contributed by atoms with Gasteiger partial charge < -0.3 is 0 Å². The van der Waals surface area contributed by atoms with Gasteiger partial charge in [-0.3, -0.25) is 10.6 Å².